The first kappa shape index (κ1) is 16.7. The van der Waals surface area contributed by atoms with E-state index in [-0.39, 0.29) is 12.5 Å². The third kappa shape index (κ3) is 3.45. The van der Waals surface area contributed by atoms with Gasteiger partial charge in [0.1, 0.15) is 23.1 Å². The number of carbonyl (C=O) groups excluding carboxylic acids is 1. The maximum absolute atomic E-state index is 12.6. The molecule has 0 radical (unpaired) electrons. The van der Waals surface area contributed by atoms with Crippen molar-refractivity contribution in [1.82, 2.24) is 15.4 Å². The van der Waals surface area contributed by atoms with E-state index in [0.29, 0.717) is 28.1 Å². The molecular formula is C18H18N4O3S. The van der Waals surface area contributed by atoms with Crippen LogP contribution in [0.2, 0.25) is 0 Å². The first-order valence-electron chi connectivity index (χ1n) is 8.40. The van der Waals surface area contributed by atoms with Gasteiger partial charge in [-0.05, 0) is 38.8 Å². The van der Waals surface area contributed by atoms with Crippen molar-refractivity contribution in [3.63, 3.8) is 0 Å². The summed E-state index contributed by atoms with van der Waals surface area (Å²) in [6.07, 6.45) is 2.31. The molecule has 8 heteroatoms. The molecule has 3 aromatic rings. The van der Waals surface area contributed by atoms with E-state index in [1.165, 1.54) is 11.3 Å². The molecule has 1 aliphatic rings. The number of amides is 1. The molecule has 1 amide bonds. The fourth-order valence-corrected chi connectivity index (χ4v) is 3.49. The van der Waals surface area contributed by atoms with E-state index in [1.807, 2.05) is 19.9 Å². The summed E-state index contributed by atoms with van der Waals surface area (Å²) in [6, 6.07) is 7.12. The van der Waals surface area contributed by atoms with Gasteiger partial charge < -0.3 is 9.26 Å². The van der Waals surface area contributed by atoms with Crippen LogP contribution in [0.3, 0.4) is 0 Å². The summed E-state index contributed by atoms with van der Waals surface area (Å²) in [5.41, 5.74) is 2.12. The Labute approximate surface area is 154 Å². The predicted molar refractivity (Wildman–Crippen MR) is 96.6 cm³/mol. The van der Waals surface area contributed by atoms with Crippen LogP contribution >= 0.6 is 11.3 Å². The second-order valence-electron chi connectivity index (χ2n) is 6.26. The second-order valence-corrected chi connectivity index (χ2v) is 7.27. The molecule has 1 aliphatic carbocycles. The highest BCUT2D eigenvalue weighted by atomic mass is 32.1. The Morgan fingerprint density at radius 3 is 2.85 bits per heavy atom. The summed E-state index contributed by atoms with van der Waals surface area (Å²) >= 11 is 1.43. The summed E-state index contributed by atoms with van der Waals surface area (Å²) in [5, 5.41) is 16.4. The summed E-state index contributed by atoms with van der Waals surface area (Å²) in [7, 11) is 0. The first-order valence-corrected chi connectivity index (χ1v) is 9.22. The molecule has 26 heavy (non-hydrogen) atoms. The average molecular weight is 370 g/mol. The van der Waals surface area contributed by atoms with E-state index in [2.05, 4.69) is 20.7 Å². The van der Waals surface area contributed by atoms with Gasteiger partial charge in [-0.2, -0.15) is 0 Å². The number of carbonyl (C=O) groups is 1. The minimum Gasteiger partial charge on any atom is -0.488 e. The smallest absolute Gasteiger partial charge is 0.261 e. The molecule has 0 spiro atoms. The van der Waals surface area contributed by atoms with Crippen molar-refractivity contribution in [3.8, 4) is 5.75 Å². The van der Waals surface area contributed by atoms with Crippen molar-refractivity contribution < 1.29 is 14.1 Å². The molecule has 1 aromatic carbocycles. The van der Waals surface area contributed by atoms with Crippen LogP contribution in [0.15, 0.2) is 28.8 Å². The lowest BCUT2D eigenvalue weighted by Gasteiger charge is -2.10. The number of rotatable bonds is 6. The monoisotopic (exact) mass is 370 g/mol. The van der Waals surface area contributed by atoms with Crippen LogP contribution in [0, 0.1) is 13.8 Å². The van der Waals surface area contributed by atoms with Crippen molar-refractivity contribution >= 4 is 22.4 Å². The first-order chi connectivity index (χ1) is 12.6. The number of para-hydroxylation sites is 1. The second kappa shape index (κ2) is 6.87. The lowest BCUT2D eigenvalue weighted by atomic mass is 10.2. The molecule has 1 fully saturated rings. The van der Waals surface area contributed by atoms with E-state index in [1.54, 1.807) is 18.2 Å². The highest BCUT2D eigenvalue weighted by molar-refractivity contribution is 7.15. The quantitative estimate of drug-likeness (QED) is 0.709. The van der Waals surface area contributed by atoms with E-state index < -0.39 is 0 Å². The van der Waals surface area contributed by atoms with Gasteiger partial charge in [-0.15, -0.1) is 10.2 Å². The Kier molecular flexibility index (Phi) is 4.42. The van der Waals surface area contributed by atoms with Crippen LogP contribution in [-0.2, 0) is 6.61 Å². The molecule has 0 saturated heterocycles. The highest BCUT2D eigenvalue weighted by Crippen LogP contribution is 2.42. The molecule has 2 heterocycles. The minimum atomic E-state index is -0.266. The Hall–Kier alpha value is -2.74. The van der Waals surface area contributed by atoms with Gasteiger partial charge in [-0.25, -0.2) is 0 Å². The largest absolute Gasteiger partial charge is 0.488 e. The van der Waals surface area contributed by atoms with Gasteiger partial charge in [0.2, 0.25) is 5.13 Å². The molecule has 0 bridgehead atoms. The van der Waals surface area contributed by atoms with Gasteiger partial charge in [0.15, 0.2) is 0 Å². The molecule has 0 aliphatic heterocycles. The maximum Gasteiger partial charge on any atom is 0.261 e. The highest BCUT2D eigenvalue weighted by Gasteiger charge is 2.28. The Balaban J connectivity index is 1.48. The van der Waals surface area contributed by atoms with Crippen molar-refractivity contribution in [1.29, 1.82) is 0 Å². The Morgan fingerprint density at radius 1 is 1.31 bits per heavy atom. The predicted octanol–water partition coefficient (Wildman–Crippen LogP) is 3.85. The Morgan fingerprint density at radius 2 is 2.12 bits per heavy atom. The van der Waals surface area contributed by atoms with Gasteiger partial charge in [0.05, 0.1) is 16.8 Å². The molecule has 7 nitrogen and oxygen atoms in total. The van der Waals surface area contributed by atoms with Gasteiger partial charge in [-0.3, -0.25) is 10.1 Å². The van der Waals surface area contributed by atoms with Gasteiger partial charge in [0.25, 0.3) is 5.91 Å². The number of hydrogen-bond acceptors (Lipinski definition) is 7. The number of nitrogens with zero attached hydrogens (tertiary/aromatic N) is 3. The summed E-state index contributed by atoms with van der Waals surface area (Å²) < 4.78 is 11.0. The van der Waals surface area contributed by atoms with Crippen molar-refractivity contribution in [2.24, 2.45) is 0 Å². The number of ether oxygens (including phenoxy) is 1. The molecule has 134 valence electrons. The van der Waals surface area contributed by atoms with E-state index in [4.69, 9.17) is 9.26 Å². The summed E-state index contributed by atoms with van der Waals surface area (Å²) in [4.78, 5) is 12.6. The summed E-state index contributed by atoms with van der Waals surface area (Å²) in [5.74, 6) is 1.46. The van der Waals surface area contributed by atoms with E-state index >= 15 is 0 Å². The zero-order valence-electron chi connectivity index (χ0n) is 14.5. The summed E-state index contributed by atoms with van der Waals surface area (Å²) in [6.45, 7) is 3.99. The number of aromatic nitrogens is 3. The molecule has 0 atom stereocenters. The number of aryl methyl sites for hydroxylation is 2. The fraction of sp³-hybridized carbons (Fsp3) is 0.333. The lowest BCUT2D eigenvalue weighted by molar-refractivity contribution is 0.102. The normalized spacial score (nSPS) is 13.6. The van der Waals surface area contributed by atoms with Gasteiger partial charge in [-0.1, -0.05) is 28.6 Å². The van der Waals surface area contributed by atoms with E-state index in [9.17, 15) is 4.79 Å². The van der Waals surface area contributed by atoms with Crippen LogP contribution in [0.4, 0.5) is 5.13 Å². The Bertz CT molecular complexity index is 926. The molecule has 2 aromatic heterocycles. The third-order valence-electron chi connectivity index (χ3n) is 4.27. The van der Waals surface area contributed by atoms with Gasteiger partial charge >= 0.3 is 0 Å². The zero-order chi connectivity index (χ0) is 18.1. The number of benzene rings is 1. The number of nitrogens with one attached hydrogen (secondary N) is 1. The minimum absolute atomic E-state index is 0.266. The van der Waals surface area contributed by atoms with Crippen molar-refractivity contribution in [2.45, 2.75) is 39.2 Å². The van der Waals surface area contributed by atoms with Crippen LogP contribution in [0.1, 0.15) is 51.1 Å². The standard InChI is InChI=1S/C18H18N4O3S/c1-10-14(11(2)25-22-10)9-24-15-6-4-3-5-13(15)16(23)19-18-21-20-17(26-18)12-7-8-12/h3-6,12H,7-9H2,1-2H3,(H,19,21,23). The average Bonchev–Trinajstić information content (AvgIpc) is 3.31. The maximum atomic E-state index is 12.6. The van der Waals surface area contributed by atoms with Crippen molar-refractivity contribution in [3.05, 3.63) is 51.9 Å². The van der Waals surface area contributed by atoms with Crippen LogP contribution < -0.4 is 10.1 Å². The topological polar surface area (TPSA) is 90.1 Å². The van der Waals surface area contributed by atoms with Crippen LogP contribution in [0.5, 0.6) is 5.75 Å². The van der Waals surface area contributed by atoms with Crippen molar-refractivity contribution in [2.75, 3.05) is 5.32 Å². The molecular weight excluding hydrogens is 352 g/mol. The molecule has 0 unspecified atom stereocenters. The van der Waals surface area contributed by atoms with Crippen LogP contribution in [-0.4, -0.2) is 21.3 Å². The molecule has 4 rings (SSSR count). The fourth-order valence-electron chi connectivity index (χ4n) is 2.58. The molecule has 1 saturated carbocycles. The van der Waals surface area contributed by atoms with E-state index in [0.717, 1.165) is 29.1 Å². The van der Waals surface area contributed by atoms with Gasteiger partial charge in [0, 0.05) is 5.92 Å². The lowest BCUT2D eigenvalue weighted by Crippen LogP contribution is -2.13. The molecule has 1 N–H and O–H groups in total. The SMILES string of the molecule is Cc1noc(C)c1COc1ccccc1C(=O)Nc1nnc(C2CC2)s1. The number of anilines is 1. The third-order valence-corrected chi connectivity index (χ3v) is 5.27. The zero-order valence-corrected chi connectivity index (χ0v) is 15.3. The number of hydrogen-bond donors (Lipinski definition) is 1. The van der Waals surface area contributed by atoms with Crippen LogP contribution in [0.25, 0.3) is 0 Å².